The molecule has 20 heavy (non-hydrogen) atoms. The summed E-state index contributed by atoms with van der Waals surface area (Å²) in [6.07, 6.45) is -1.63. The first-order valence-electron chi connectivity index (χ1n) is 5.74. The Morgan fingerprint density at radius 1 is 1.20 bits per heavy atom. The highest BCUT2D eigenvalue weighted by Gasteiger charge is 2.25. The topological polar surface area (TPSA) is 99.1 Å². The van der Waals surface area contributed by atoms with E-state index in [9.17, 15) is 19.0 Å². The molecule has 1 N–H and O–H groups in total. The Balaban J connectivity index is 4.21. The summed E-state index contributed by atoms with van der Waals surface area (Å²) >= 11 is 0. The van der Waals surface area contributed by atoms with E-state index in [2.05, 4.69) is 17.9 Å². The van der Waals surface area contributed by atoms with Crippen molar-refractivity contribution in [1.82, 2.24) is 0 Å². The molecule has 2 atom stereocenters. The molecule has 0 radical (unpaired) electrons. The number of rotatable bonds is 8. The highest BCUT2D eigenvalue weighted by Crippen LogP contribution is 2.43. The highest BCUT2D eigenvalue weighted by atomic mass is 31.2. The van der Waals surface area contributed by atoms with Crippen molar-refractivity contribution in [1.29, 1.82) is 0 Å². The number of carbonyl (C=O) groups is 2. The van der Waals surface area contributed by atoms with E-state index in [0.717, 1.165) is 0 Å². The maximum Gasteiger partial charge on any atom is 0.335 e. The van der Waals surface area contributed by atoms with Crippen LogP contribution in [0, 0.1) is 0 Å². The first kappa shape index (κ1) is 18.6. The minimum absolute atomic E-state index is 0.142. The molecule has 0 heterocycles. The van der Waals surface area contributed by atoms with Gasteiger partial charge < -0.3 is 14.4 Å². The van der Waals surface area contributed by atoms with E-state index >= 15 is 0 Å². The predicted octanol–water partition coefficient (Wildman–Crippen LogP) is 1.77. The van der Waals surface area contributed by atoms with Crippen LogP contribution in [0.3, 0.4) is 0 Å². The second-order valence-corrected chi connectivity index (χ2v) is 6.07. The molecule has 0 aliphatic carbocycles. The maximum absolute atomic E-state index is 11.6. The molecule has 2 unspecified atom stereocenters. The van der Waals surface area contributed by atoms with Crippen molar-refractivity contribution in [3.8, 4) is 0 Å². The molecule has 0 aromatic heterocycles. The molecule has 0 bridgehead atoms. The Hall–Kier alpha value is -1.43. The quantitative estimate of drug-likeness (QED) is 0.316. The fourth-order valence-corrected chi connectivity index (χ4v) is 1.87. The van der Waals surface area contributed by atoms with Crippen LogP contribution < -0.4 is 0 Å². The Morgan fingerprint density at radius 3 is 2.15 bits per heavy atom. The number of esters is 2. The first-order valence-corrected chi connectivity index (χ1v) is 7.51. The fourth-order valence-electron chi connectivity index (χ4n) is 0.934. The molecular weight excluding hydrogens is 287 g/mol. The Kier molecular flexibility index (Phi) is 7.42. The Morgan fingerprint density at radius 2 is 1.70 bits per heavy atom. The molecule has 0 aromatic rings. The summed E-state index contributed by atoms with van der Waals surface area (Å²) in [6, 6.07) is 0. The lowest BCUT2D eigenvalue weighted by Crippen LogP contribution is -2.19. The van der Waals surface area contributed by atoms with E-state index in [1.807, 2.05) is 0 Å². The standard InChI is InChI=1S/C12H19O7P/c1-8(2)11(13)17-6-7-20(15,16)19-10(5)18-12(14)9(3)4/h10H,1,3,6-7H2,2,4-5H3,(H,15,16). The van der Waals surface area contributed by atoms with Gasteiger partial charge in [0.15, 0.2) is 0 Å². The molecule has 0 saturated carbocycles. The van der Waals surface area contributed by atoms with Gasteiger partial charge in [0.25, 0.3) is 0 Å². The second-order valence-electron chi connectivity index (χ2n) is 4.14. The molecule has 0 aromatic carbocycles. The Labute approximate surface area is 117 Å². The van der Waals surface area contributed by atoms with Crippen LogP contribution in [0.5, 0.6) is 0 Å². The van der Waals surface area contributed by atoms with E-state index < -0.39 is 32.0 Å². The zero-order chi connectivity index (χ0) is 15.9. The van der Waals surface area contributed by atoms with Crippen LogP contribution in [0.2, 0.25) is 0 Å². The molecule has 0 amide bonds. The molecule has 0 fully saturated rings. The van der Waals surface area contributed by atoms with Crippen molar-refractivity contribution >= 4 is 19.5 Å². The molecule has 7 nitrogen and oxygen atoms in total. The highest BCUT2D eigenvalue weighted by molar-refractivity contribution is 7.52. The number of carbonyl (C=O) groups excluding carboxylic acids is 2. The van der Waals surface area contributed by atoms with Gasteiger partial charge in [0.05, 0.1) is 6.16 Å². The SMILES string of the molecule is C=C(C)C(=O)OCCP(=O)(O)OC(C)OC(=O)C(=C)C. The fraction of sp³-hybridized carbons (Fsp3) is 0.500. The molecular formula is C12H19O7P. The van der Waals surface area contributed by atoms with E-state index in [1.165, 1.54) is 20.8 Å². The molecule has 0 aliphatic heterocycles. The van der Waals surface area contributed by atoms with Crippen molar-refractivity contribution in [2.45, 2.75) is 27.1 Å². The van der Waals surface area contributed by atoms with Gasteiger partial charge in [0, 0.05) is 11.1 Å². The van der Waals surface area contributed by atoms with E-state index in [-0.39, 0.29) is 17.8 Å². The molecule has 0 rings (SSSR count). The molecule has 0 aliphatic rings. The van der Waals surface area contributed by atoms with Crippen LogP contribution >= 0.6 is 7.60 Å². The van der Waals surface area contributed by atoms with E-state index in [0.29, 0.717) is 0 Å². The van der Waals surface area contributed by atoms with Gasteiger partial charge in [0.1, 0.15) is 6.61 Å². The molecule has 8 heteroatoms. The van der Waals surface area contributed by atoms with Gasteiger partial charge >= 0.3 is 19.5 Å². The van der Waals surface area contributed by atoms with Gasteiger partial charge in [-0.25, -0.2) is 9.59 Å². The normalized spacial score (nSPS) is 14.8. The molecule has 114 valence electrons. The number of hydrogen-bond donors (Lipinski definition) is 1. The van der Waals surface area contributed by atoms with E-state index in [1.54, 1.807) is 0 Å². The Bertz CT molecular complexity index is 455. The van der Waals surface area contributed by atoms with Crippen molar-refractivity contribution < 1.29 is 33.0 Å². The lowest BCUT2D eigenvalue weighted by atomic mass is 10.4. The summed E-state index contributed by atoms with van der Waals surface area (Å²) in [6.45, 7) is 10.6. The van der Waals surface area contributed by atoms with Gasteiger partial charge in [-0.15, -0.1) is 0 Å². The van der Waals surface area contributed by atoms with E-state index in [4.69, 9.17) is 9.26 Å². The van der Waals surface area contributed by atoms with Crippen molar-refractivity contribution in [3.63, 3.8) is 0 Å². The van der Waals surface area contributed by atoms with Gasteiger partial charge in [-0.05, 0) is 20.8 Å². The largest absolute Gasteiger partial charge is 0.462 e. The van der Waals surface area contributed by atoms with Crippen molar-refractivity contribution in [2.75, 3.05) is 12.8 Å². The van der Waals surface area contributed by atoms with Gasteiger partial charge in [-0.1, -0.05) is 13.2 Å². The minimum Gasteiger partial charge on any atom is -0.462 e. The summed E-state index contributed by atoms with van der Waals surface area (Å²) < 4.78 is 25.7. The lowest BCUT2D eigenvalue weighted by Gasteiger charge is -2.18. The monoisotopic (exact) mass is 306 g/mol. The summed E-state index contributed by atoms with van der Waals surface area (Å²) in [7, 11) is -4.04. The molecule has 0 spiro atoms. The van der Waals surface area contributed by atoms with Crippen LogP contribution in [0.4, 0.5) is 0 Å². The van der Waals surface area contributed by atoms with Crippen molar-refractivity contribution in [3.05, 3.63) is 24.3 Å². The number of ether oxygens (including phenoxy) is 2. The molecule has 0 saturated heterocycles. The first-order chi connectivity index (χ1) is 9.05. The third-order valence-corrected chi connectivity index (χ3v) is 3.26. The van der Waals surface area contributed by atoms with Gasteiger partial charge in [-0.3, -0.25) is 9.09 Å². The third kappa shape index (κ3) is 7.89. The van der Waals surface area contributed by atoms with Crippen LogP contribution in [0.1, 0.15) is 20.8 Å². The second kappa shape index (κ2) is 7.99. The van der Waals surface area contributed by atoms with Crippen molar-refractivity contribution in [2.24, 2.45) is 0 Å². The third-order valence-electron chi connectivity index (χ3n) is 1.89. The predicted molar refractivity (Wildman–Crippen MR) is 71.9 cm³/mol. The minimum atomic E-state index is -4.04. The maximum atomic E-state index is 11.6. The van der Waals surface area contributed by atoms with Crippen LogP contribution in [0.15, 0.2) is 24.3 Å². The van der Waals surface area contributed by atoms with Crippen LogP contribution in [-0.2, 0) is 28.2 Å². The van der Waals surface area contributed by atoms with Crippen LogP contribution in [-0.4, -0.2) is 35.9 Å². The van der Waals surface area contributed by atoms with Gasteiger partial charge in [-0.2, -0.15) is 0 Å². The zero-order valence-corrected chi connectivity index (χ0v) is 12.6. The van der Waals surface area contributed by atoms with Gasteiger partial charge in [0.2, 0.25) is 6.29 Å². The summed E-state index contributed by atoms with van der Waals surface area (Å²) in [5.74, 6) is -1.39. The summed E-state index contributed by atoms with van der Waals surface area (Å²) in [4.78, 5) is 31.7. The van der Waals surface area contributed by atoms with Crippen LogP contribution in [0.25, 0.3) is 0 Å². The zero-order valence-electron chi connectivity index (χ0n) is 11.7. The average Bonchev–Trinajstić information content (AvgIpc) is 2.26. The summed E-state index contributed by atoms with van der Waals surface area (Å²) in [5.41, 5.74) is 0.325. The summed E-state index contributed by atoms with van der Waals surface area (Å²) in [5, 5.41) is 0. The lowest BCUT2D eigenvalue weighted by molar-refractivity contribution is -0.156. The smallest absolute Gasteiger partial charge is 0.335 e. The average molecular weight is 306 g/mol. The number of hydrogen-bond acceptors (Lipinski definition) is 6.